The molecule has 0 radical (unpaired) electrons. The van der Waals surface area contributed by atoms with Crippen LogP contribution in [0.5, 0.6) is 23.0 Å². The number of phenolic OH excluding ortho intramolecular Hbond substituents is 4. The number of hydrogen-bond donors (Lipinski definition) is 7. The van der Waals surface area contributed by atoms with Gasteiger partial charge in [-0.25, -0.2) is 4.79 Å². The zero-order chi connectivity index (χ0) is 38.6. The summed E-state index contributed by atoms with van der Waals surface area (Å²) in [6.07, 6.45) is 3.08. The molecule has 286 valence electrons. The number of carbonyl (C=O) groups excluding carboxylic acids is 2. The van der Waals surface area contributed by atoms with Gasteiger partial charge in [0.15, 0.2) is 40.2 Å². The summed E-state index contributed by atoms with van der Waals surface area (Å²) < 4.78 is 19.0. The normalized spacial score (nSPS) is 28.1. The smallest absolute Gasteiger partial charge is 0.336 e. The van der Waals surface area contributed by atoms with E-state index in [0.29, 0.717) is 24.0 Å². The lowest BCUT2D eigenvalue weighted by molar-refractivity contribution is -0.288. The van der Waals surface area contributed by atoms with Crippen LogP contribution in [-0.2, 0) is 41.6 Å². The van der Waals surface area contributed by atoms with Crippen LogP contribution in [0.4, 0.5) is 0 Å². The predicted molar refractivity (Wildman–Crippen MR) is 193 cm³/mol. The lowest BCUT2D eigenvalue weighted by Gasteiger charge is -2.56. The first kappa shape index (κ1) is 38.7. The summed E-state index contributed by atoms with van der Waals surface area (Å²) in [5.74, 6) is -5.12. The van der Waals surface area contributed by atoms with Gasteiger partial charge in [0, 0.05) is 12.3 Å². The van der Waals surface area contributed by atoms with Crippen LogP contribution in [-0.4, -0.2) is 96.0 Å². The average molecular weight is 745 g/mol. The molecule has 0 spiro atoms. The van der Waals surface area contributed by atoms with E-state index in [1.807, 2.05) is 30.3 Å². The number of phenols is 4. The fourth-order valence-corrected chi connectivity index (χ4v) is 7.96. The van der Waals surface area contributed by atoms with E-state index in [4.69, 9.17) is 14.2 Å². The monoisotopic (exact) mass is 744 g/mol. The highest BCUT2D eigenvalue weighted by atomic mass is 16.6. The Kier molecular flexibility index (Phi) is 11.5. The molecule has 1 saturated carbocycles. The van der Waals surface area contributed by atoms with Gasteiger partial charge in [-0.2, -0.15) is 0 Å². The summed E-state index contributed by atoms with van der Waals surface area (Å²) >= 11 is 0. The number of aryl methyl sites for hydroxylation is 1. The largest absolute Gasteiger partial charge is 0.504 e. The number of rotatable bonds is 13. The van der Waals surface area contributed by atoms with Gasteiger partial charge >= 0.3 is 5.97 Å². The molecule has 2 aliphatic heterocycles. The second-order valence-corrected chi connectivity index (χ2v) is 14.3. The lowest BCUT2D eigenvalue weighted by Crippen LogP contribution is -2.70. The molecule has 3 aromatic rings. The van der Waals surface area contributed by atoms with E-state index in [1.165, 1.54) is 48.6 Å². The zero-order valence-corrected chi connectivity index (χ0v) is 29.4. The number of ketones is 2. The lowest BCUT2D eigenvalue weighted by atomic mass is 9.64. The molecule has 7 N–H and O–H groups in total. The van der Waals surface area contributed by atoms with Crippen molar-refractivity contribution in [3.05, 3.63) is 95.1 Å². The van der Waals surface area contributed by atoms with E-state index >= 15 is 0 Å². The number of aromatic hydroxyl groups is 4. The minimum absolute atomic E-state index is 0.0895. The van der Waals surface area contributed by atoms with Crippen molar-refractivity contribution >= 4 is 29.7 Å². The van der Waals surface area contributed by atoms with Gasteiger partial charge in [-0.05, 0) is 96.7 Å². The molecular weight excluding hydrogens is 700 g/mol. The van der Waals surface area contributed by atoms with Crippen LogP contribution in [0.3, 0.4) is 0 Å². The second-order valence-electron chi connectivity index (χ2n) is 14.3. The maximum Gasteiger partial charge on any atom is 0.336 e. The van der Waals surface area contributed by atoms with Gasteiger partial charge in [0.05, 0.1) is 25.4 Å². The maximum absolute atomic E-state index is 14.4. The molecule has 13 heteroatoms. The highest BCUT2D eigenvalue weighted by molar-refractivity contribution is 6.00. The topological polar surface area (TPSA) is 221 Å². The van der Waals surface area contributed by atoms with Crippen LogP contribution >= 0.6 is 0 Å². The van der Waals surface area contributed by atoms with E-state index in [-0.39, 0.29) is 48.8 Å². The number of aliphatic hydroxyl groups excluding tert-OH is 2. The number of aliphatic carboxylic acids is 1. The molecule has 0 amide bonds. The Morgan fingerprint density at radius 3 is 2.33 bits per heavy atom. The van der Waals surface area contributed by atoms with Crippen LogP contribution in [0.25, 0.3) is 12.2 Å². The van der Waals surface area contributed by atoms with Crippen LogP contribution in [0, 0.1) is 11.8 Å². The van der Waals surface area contributed by atoms with Crippen molar-refractivity contribution in [3.8, 4) is 23.0 Å². The van der Waals surface area contributed by atoms with Gasteiger partial charge in [0.2, 0.25) is 0 Å². The van der Waals surface area contributed by atoms with E-state index in [0.717, 1.165) is 11.6 Å². The molecule has 2 saturated heterocycles. The first-order valence-electron chi connectivity index (χ1n) is 17.8. The molecule has 7 unspecified atom stereocenters. The predicted octanol–water partition coefficient (Wildman–Crippen LogP) is 4.04. The average Bonchev–Trinajstić information content (AvgIpc) is 3.15. The molecule has 3 aromatic carbocycles. The Labute approximate surface area is 311 Å². The standard InChI is InChI=1S/C41H44O13/c42-21-28-18-34(47)33(46)17-27(28)10-13-36(49)40-15-14-30-37(54-40)38(52-22-26(19-40)7-6-24-4-2-1-3-5-24)35(48)20-41(30,39(50)51)53-23-29(43)11-8-25-9-12-31(44)32(45)16-25/h1-5,8-13,16-18,26,30,35,37-38,42,44-48H,6-7,14-15,19-23H2,(H,50,51). The maximum atomic E-state index is 14.4. The molecule has 3 fully saturated rings. The number of ether oxygens (including phenoxy) is 3. The number of carbonyl (C=O) groups is 3. The number of carboxylic acids is 1. The molecule has 2 heterocycles. The van der Waals surface area contributed by atoms with Crippen LogP contribution < -0.4 is 0 Å². The van der Waals surface area contributed by atoms with Crippen molar-refractivity contribution in [2.75, 3.05) is 13.2 Å². The third-order valence-electron chi connectivity index (χ3n) is 10.8. The minimum atomic E-state index is -2.07. The third kappa shape index (κ3) is 8.05. The Hall–Kier alpha value is -5.05. The molecular formula is C41H44O13. The van der Waals surface area contributed by atoms with Gasteiger partial charge in [0.25, 0.3) is 0 Å². The molecule has 7 atom stereocenters. The minimum Gasteiger partial charge on any atom is -0.504 e. The van der Waals surface area contributed by atoms with Crippen LogP contribution in [0.1, 0.15) is 54.4 Å². The van der Waals surface area contributed by atoms with Gasteiger partial charge < -0.3 is 50.0 Å². The fourth-order valence-electron chi connectivity index (χ4n) is 7.96. The van der Waals surface area contributed by atoms with Crippen molar-refractivity contribution in [1.82, 2.24) is 0 Å². The number of hydrogen-bond acceptors (Lipinski definition) is 12. The molecule has 13 nitrogen and oxygen atoms in total. The number of aliphatic hydroxyl groups is 2. The number of benzene rings is 3. The molecule has 54 heavy (non-hydrogen) atoms. The van der Waals surface area contributed by atoms with Crippen molar-refractivity contribution in [2.45, 2.75) is 74.6 Å². The summed E-state index contributed by atoms with van der Waals surface area (Å²) in [5, 5.41) is 71.4. The highest BCUT2D eigenvalue weighted by Crippen LogP contribution is 2.51. The van der Waals surface area contributed by atoms with Crippen molar-refractivity contribution in [3.63, 3.8) is 0 Å². The number of fused-ring (bicyclic) bond motifs is 1. The van der Waals surface area contributed by atoms with Crippen molar-refractivity contribution in [2.24, 2.45) is 11.8 Å². The van der Waals surface area contributed by atoms with Crippen LogP contribution in [0.2, 0.25) is 0 Å². The van der Waals surface area contributed by atoms with Gasteiger partial charge in [-0.1, -0.05) is 48.6 Å². The van der Waals surface area contributed by atoms with E-state index in [9.17, 15) is 50.1 Å². The molecule has 3 aliphatic rings. The summed E-state index contributed by atoms with van der Waals surface area (Å²) in [6, 6.07) is 16.2. The molecule has 6 rings (SSSR count). The van der Waals surface area contributed by atoms with Gasteiger partial charge in [0.1, 0.15) is 18.3 Å². The third-order valence-corrected chi connectivity index (χ3v) is 10.8. The Bertz CT molecular complexity index is 1920. The SMILES string of the molecule is O=C(C=Cc1ccc(O)c(O)c1)COC1(C(=O)O)CC(O)C2OCC(CCc3ccccc3)CC3(C(=O)C=Cc4cc(O)c(O)cc4CO)CCC1C2O3. The Balaban J connectivity index is 1.28. The van der Waals surface area contributed by atoms with Gasteiger partial charge in [-0.3, -0.25) is 9.59 Å². The highest BCUT2D eigenvalue weighted by Gasteiger charge is 2.64. The van der Waals surface area contributed by atoms with E-state index < -0.39 is 84.1 Å². The Morgan fingerprint density at radius 1 is 0.870 bits per heavy atom. The zero-order valence-electron chi connectivity index (χ0n) is 29.4. The fraction of sp³-hybridized carbons (Fsp3) is 0.390. The van der Waals surface area contributed by atoms with Crippen molar-refractivity contribution < 1.29 is 64.3 Å². The van der Waals surface area contributed by atoms with Crippen molar-refractivity contribution in [1.29, 1.82) is 0 Å². The summed E-state index contributed by atoms with van der Waals surface area (Å²) in [4.78, 5) is 40.4. The summed E-state index contributed by atoms with van der Waals surface area (Å²) in [7, 11) is 0. The molecule has 1 aliphatic carbocycles. The molecule has 2 bridgehead atoms. The van der Waals surface area contributed by atoms with Gasteiger partial charge in [-0.15, -0.1) is 0 Å². The summed E-state index contributed by atoms with van der Waals surface area (Å²) in [6.45, 7) is -0.964. The van der Waals surface area contributed by atoms with E-state index in [2.05, 4.69) is 0 Å². The first-order chi connectivity index (χ1) is 25.8. The first-order valence-corrected chi connectivity index (χ1v) is 17.8. The number of carboxylic acid groups (broad SMARTS) is 1. The quantitative estimate of drug-likeness (QED) is 0.0972. The van der Waals surface area contributed by atoms with Crippen LogP contribution in [0.15, 0.2) is 72.8 Å². The second kappa shape index (κ2) is 16.1. The molecule has 0 aromatic heterocycles. The summed E-state index contributed by atoms with van der Waals surface area (Å²) in [5.41, 5.74) is -1.46. The Morgan fingerprint density at radius 2 is 1.61 bits per heavy atom. The van der Waals surface area contributed by atoms with E-state index in [1.54, 1.807) is 0 Å².